The number of amides is 1. The summed E-state index contributed by atoms with van der Waals surface area (Å²) in [4.78, 5) is 27.3. The minimum Gasteiger partial charge on any atom is -0.451 e. The van der Waals surface area contributed by atoms with Gasteiger partial charge in [-0.15, -0.1) is 6.58 Å². The number of pyridine rings is 1. The molecule has 2 aromatic rings. The fourth-order valence-electron chi connectivity index (χ4n) is 1.62. The molecule has 0 aliphatic carbocycles. The van der Waals surface area contributed by atoms with E-state index >= 15 is 0 Å². The summed E-state index contributed by atoms with van der Waals surface area (Å²) < 4.78 is 4.89. The Morgan fingerprint density at radius 2 is 2.05 bits per heavy atom. The van der Waals surface area contributed by atoms with Crippen LogP contribution in [0.2, 0.25) is 0 Å². The van der Waals surface area contributed by atoms with E-state index in [9.17, 15) is 9.59 Å². The molecule has 0 aliphatic rings. The highest BCUT2D eigenvalue weighted by molar-refractivity contribution is 5.92. The fourth-order valence-corrected chi connectivity index (χ4v) is 1.62. The number of carbonyl (C=O) groups is 2. The summed E-state index contributed by atoms with van der Waals surface area (Å²) in [6.07, 6.45) is 1.55. The molecule has 5 heteroatoms. The number of ether oxygens (including phenoxy) is 1. The molecule has 20 heavy (non-hydrogen) atoms. The van der Waals surface area contributed by atoms with Crippen LogP contribution in [0.3, 0.4) is 0 Å². The molecular weight excluding hydrogens is 256 g/mol. The Bertz CT molecular complexity index is 652. The summed E-state index contributed by atoms with van der Waals surface area (Å²) in [5, 5.41) is 3.45. The van der Waals surface area contributed by atoms with E-state index in [2.05, 4.69) is 16.9 Å². The molecule has 1 aromatic heterocycles. The molecule has 1 amide bonds. The largest absolute Gasteiger partial charge is 0.451 e. The van der Waals surface area contributed by atoms with Crippen molar-refractivity contribution in [2.75, 3.05) is 13.2 Å². The van der Waals surface area contributed by atoms with E-state index in [4.69, 9.17) is 4.74 Å². The molecule has 0 unspecified atom stereocenters. The number of esters is 1. The Balaban J connectivity index is 2.00. The third-order valence-corrected chi connectivity index (χ3v) is 2.59. The van der Waals surface area contributed by atoms with Gasteiger partial charge in [0.25, 0.3) is 5.91 Å². The lowest BCUT2D eigenvalue weighted by atomic mass is 10.2. The molecule has 5 nitrogen and oxygen atoms in total. The third kappa shape index (κ3) is 3.41. The summed E-state index contributed by atoms with van der Waals surface area (Å²) in [5.74, 6) is -0.997. The summed E-state index contributed by atoms with van der Waals surface area (Å²) in [5.41, 5.74) is 0.887. The lowest BCUT2D eigenvalue weighted by molar-refractivity contribution is -0.124. The Hall–Kier alpha value is -2.69. The standard InChI is InChI=1S/C15H14N2O3/c1-2-9-16-14(18)10-20-15(19)13-8-7-11-5-3-4-6-12(11)17-13/h2-8H,1,9-10H2,(H,16,18). The maximum Gasteiger partial charge on any atom is 0.357 e. The van der Waals surface area contributed by atoms with Crippen molar-refractivity contribution in [3.63, 3.8) is 0 Å². The zero-order chi connectivity index (χ0) is 14.4. The fraction of sp³-hybridized carbons (Fsp3) is 0.133. The van der Waals surface area contributed by atoms with Gasteiger partial charge in [-0.25, -0.2) is 9.78 Å². The van der Waals surface area contributed by atoms with Crippen molar-refractivity contribution < 1.29 is 14.3 Å². The second-order valence-corrected chi connectivity index (χ2v) is 4.06. The normalized spacial score (nSPS) is 10.0. The first-order valence-corrected chi connectivity index (χ1v) is 6.11. The molecule has 0 spiro atoms. The Morgan fingerprint density at radius 1 is 1.25 bits per heavy atom. The van der Waals surface area contributed by atoms with Crippen molar-refractivity contribution in [2.24, 2.45) is 0 Å². The van der Waals surface area contributed by atoms with Crippen molar-refractivity contribution in [1.82, 2.24) is 10.3 Å². The number of rotatable bonds is 5. The maximum atomic E-state index is 11.8. The number of nitrogens with zero attached hydrogens (tertiary/aromatic N) is 1. The van der Waals surface area contributed by atoms with Crippen molar-refractivity contribution in [3.8, 4) is 0 Å². The van der Waals surface area contributed by atoms with Crippen LogP contribution < -0.4 is 5.32 Å². The van der Waals surface area contributed by atoms with Crippen molar-refractivity contribution in [3.05, 3.63) is 54.7 Å². The molecule has 0 radical (unpaired) electrons. The summed E-state index contributed by atoms with van der Waals surface area (Å²) in [7, 11) is 0. The van der Waals surface area contributed by atoms with Crippen LogP contribution in [0, 0.1) is 0 Å². The van der Waals surface area contributed by atoms with Crippen LogP contribution in [0.25, 0.3) is 10.9 Å². The van der Waals surface area contributed by atoms with E-state index in [1.54, 1.807) is 18.2 Å². The lowest BCUT2D eigenvalue weighted by Crippen LogP contribution is -2.28. The van der Waals surface area contributed by atoms with E-state index in [-0.39, 0.29) is 18.2 Å². The summed E-state index contributed by atoms with van der Waals surface area (Å²) >= 11 is 0. The molecular formula is C15H14N2O3. The van der Waals surface area contributed by atoms with Gasteiger partial charge < -0.3 is 10.1 Å². The molecule has 1 heterocycles. The summed E-state index contributed by atoms with van der Waals surface area (Å²) in [6, 6.07) is 10.8. The first-order valence-electron chi connectivity index (χ1n) is 6.11. The first-order chi connectivity index (χ1) is 9.70. The van der Waals surface area contributed by atoms with Crippen LogP contribution in [-0.4, -0.2) is 30.0 Å². The van der Waals surface area contributed by atoms with Gasteiger partial charge in [-0.3, -0.25) is 4.79 Å². The highest BCUT2D eigenvalue weighted by Gasteiger charge is 2.11. The number of hydrogen-bond donors (Lipinski definition) is 1. The van der Waals surface area contributed by atoms with Gasteiger partial charge in [-0.05, 0) is 12.1 Å². The van der Waals surface area contributed by atoms with Gasteiger partial charge in [0, 0.05) is 11.9 Å². The molecule has 1 aromatic carbocycles. The molecule has 0 aliphatic heterocycles. The predicted molar refractivity (Wildman–Crippen MR) is 75.2 cm³/mol. The van der Waals surface area contributed by atoms with Crippen LogP contribution in [0.4, 0.5) is 0 Å². The number of para-hydroxylation sites is 1. The first kappa shape index (κ1) is 13.7. The van der Waals surface area contributed by atoms with Gasteiger partial charge >= 0.3 is 5.97 Å². The SMILES string of the molecule is C=CCNC(=O)COC(=O)c1ccc2ccccc2n1. The molecule has 0 saturated carbocycles. The molecule has 0 saturated heterocycles. The Labute approximate surface area is 116 Å². The van der Waals surface area contributed by atoms with E-state index in [0.29, 0.717) is 12.1 Å². The smallest absolute Gasteiger partial charge is 0.357 e. The minimum atomic E-state index is -0.621. The van der Waals surface area contributed by atoms with Gasteiger partial charge in [-0.1, -0.05) is 30.3 Å². The average Bonchev–Trinajstić information content (AvgIpc) is 2.50. The molecule has 1 N–H and O–H groups in total. The minimum absolute atomic E-state index is 0.181. The van der Waals surface area contributed by atoms with Crippen LogP contribution in [-0.2, 0) is 9.53 Å². The van der Waals surface area contributed by atoms with Gasteiger partial charge in [0.05, 0.1) is 5.52 Å². The van der Waals surface area contributed by atoms with Crippen LogP contribution >= 0.6 is 0 Å². The van der Waals surface area contributed by atoms with Crippen molar-refractivity contribution >= 4 is 22.8 Å². The molecule has 102 valence electrons. The van der Waals surface area contributed by atoms with Gasteiger partial charge in [-0.2, -0.15) is 0 Å². The number of nitrogens with one attached hydrogen (secondary N) is 1. The van der Waals surface area contributed by atoms with E-state index in [0.717, 1.165) is 5.39 Å². The van der Waals surface area contributed by atoms with Crippen molar-refractivity contribution in [2.45, 2.75) is 0 Å². The number of aromatic nitrogens is 1. The van der Waals surface area contributed by atoms with Gasteiger partial charge in [0.15, 0.2) is 6.61 Å². The summed E-state index contributed by atoms with van der Waals surface area (Å²) in [6.45, 7) is 3.48. The highest BCUT2D eigenvalue weighted by Crippen LogP contribution is 2.12. The van der Waals surface area contributed by atoms with Gasteiger partial charge in [0.1, 0.15) is 5.69 Å². The zero-order valence-electron chi connectivity index (χ0n) is 10.8. The van der Waals surface area contributed by atoms with E-state index in [1.807, 2.05) is 24.3 Å². The van der Waals surface area contributed by atoms with Crippen molar-refractivity contribution in [1.29, 1.82) is 0 Å². The number of hydrogen-bond acceptors (Lipinski definition) is 4. The van der Waals surface area contributed by atoms with Crippen LogP contribution in [0.5, 0.6) is 0 Å². The monoisotopic (exact) mass is 270 g/mol. The molecule has 0 bridgehead atoms. The molecule has 0 atom stereocenters. The highest BCUT2D eigenvalue weighted by atomic mass is 16.5. The maximum absolute atomic E-state index is 11.8. The lowest BCUT2D eigenvalue weighted by Gasteiger charge is -2.05. The zero-order valence-corrected chi connectivity index (χ0v) is 10.8. The Morgan fingerprint density at radius 3 is 2.85 bits per heavy atom. The number of fused-ring (bicyclic) bond motifs is 1. The average molecular weight is 270 g/mol. The quantitative estimate of drug-likeness (QED) is 0.663. The van der Waals surface area contributed by atoms with Crippen LogP contribution in [0.1, 0.15) is 10.5 Å². The van der Waals surface area contributed by atoms with Crippen LogP contribution in [0.15, 0.2) is 49.1 Å². The predicted octanol–water partition coefficient (Wildman–Crippen LogP) is 1.69. The second kappa shape index (κ2) is 6.47. The molecule has 0 fully saturated rings. The second-order valence-electron chi connectivity index (χ2n) is 4.06. The Kier molecular flexibility index (Phi) is 4.44. The third-order valence-electron chi connectivity index (χ3n) is 2.59. The van der Waals surface area contributed by atoms with E-state index in [1.165, 1.54) is 0 Å². The number of carbonyl (C=O) groups excluding carboxylic acids is 2. The molecule has 2 rings (SSSR count). The number of benzene rings is 1. The van der Waals surface area contributed by atoms with Gasteiger partial charge in [0.2, 0.25) is 0 Å². The topological polar surface area (TPSA) is 68.3 Å². The van der Waals surface area contributed by atoms with E-state index < -0.39 is 5.97 Å².